The number of carbonyl (C=O) groups is 5. The number of para-hydroxylation sites is 1. The molecule has 4 amide bonds. The quantitative estimate of drug-likeness (QED) is 0.303. The minimum Gasteiger partial charge on any atom is -0.361 e. The lowest BCUT2D eigenvalue weighted by molar-refractivity contribution is -0.144. The number of nitrogens with one attached hydrogen (secondary N) is 4. The largest absolute Gasteiger partial charge is 0.361 e. The molecule has 2 aromatic rings. The first-order chi connectivity index (χ1) is 20.2. The monoisotopic (exact) mass is 579 g/mol. The zero-order valence-corrected chi connectivity index (χ0v) is 25.0. The molecule has 2 aliphatic heterocycles. The fourth-order valence-corrected chi connectivity index (χ4v) is 5.98. The van der Waals surface area contributed by atoms with E-state index in [0.29, 0.717) is 51.5 Å². The van der Waals surface area contributed by atoms with E-state index in [-0.39, 0.29) is 29.9 Å². The number of hydrogen-bond donors (Lipinski definition) is 4. The van der Waals surface area contributed by atoms with Gasteiger partial charge in [-0.2, -0.15) is 0 Å². The summed E-state index contributed by atoms with van der Waals surface area (Å²) in [7, 11) is 0. The standard InChI is InChI=1S/C32H45N5O5/c1-4-20(3)28-32(42)37-17-11-16-27(37)31(41)34-25(15-8-6-7-12-22(38)5-2)29(39)35-26(30(40)36-28)18-21-19-33-24-14-10-9-13-23(21)24/h9-10,13-14,19-20,25-28,33H,4-8,11-12,15-18H2,1-3H3,(H,34,41)(H,35,39)(H,36,40)/t20?,25-,26-,27+,28-/m0/s1. The molecule has 5 atom stereocenters. The van der Waals surface area contributed by atoms with Gasteiger partial charge in [-0.25, -0.2) is 0 Å². The lowest BCUT2D eigenvalue weighted by Gasteiger charge is -2.34. The SMILES string of the molecule is CCC(=O)CCCCC[C@@H]1NC(=O)[C@H]2CCCN2C(=O)[C@H](C(C)CC)NC(=O)[C@H](Cc2c[nH]c3ccccc23)NC1=O. The number of ketones is 1. The van der Waals surface area contributed by atoms with Crippen molar-refractivity contribution in [2.75, 3.05) is 6.54 Å². The van der Waals surface area contributed by atoms with Gasteiger partial charge < -0.3 is 25.8 Å². The molecule has 2 saturated heterocycles. The molecule has 4 rings (SSSR count). The van der Waals surface area contributed by atoms with Gasteiger partial charge in [-0.1, -0.05) is 58.2 Å². The molecule has 4 N–H and O–H groups in total. The van der Waals surface area contributed by atoms with E-state index in [1.165, 1.54) is 0 Å². The molecule has 10 nitrogen and oxygen atoms in total. The summed E-state index contributed by atoms with van der Waals surface area (Å²) in [6.07, 6.45) is 7.39. The van der Waals surface area contributed by atoms with Crippen LogP contribution in [0.25, 0.3) is 10.9 Å². The van der Waals surface area contributed by atoms with E-state index in [2.05, 4.69) is 20.9 Å². The average Bonchev–Trinajstić information content (AvgIpc) is 3.65. The molecule has 0 spiro atoms. The number of aromatic amines is 1. The number of carbonyl (C=O) groups excluding carboxylic acids is 5. The number of benzene rings is 1. The van der Waals surface area contributed by atoms with Gasteiger partial charge in [-0.05, 0) is 43.2 Å². The highest BCUT2D eigenvalue weighted by Crippen LogP contribution is 2.24. The maximum atomic E-state index is 13.8. The summed E-state index contributed by atoms with van der Waals surface area (Å²) >= 11 is 0. The molecule has 3 heterocycles. The van der Waals surface area contributed by atoms with E-state index in [1.54, 1.807) is 4.90 Å². The van der Waals surface area contributed by atoms with Crippen LogP contribution in [0.15, 0.2) is 30.5 Å². The van der Waals surface area contributed by atoms with Crippen molar-refractivity contribution < 1.29 is 24.0 Å². The van der Waals surface area contributed by atoms with Crippen molar-refractivity contribution in [3.8, 4) is 0 Å². The molecule has 1 aromatic heterocycles. The van der Waals surface area contributed by atoms with Crippen molar-refractivity contribution in [2.24, 2.45) is 5.92 Å². The maximum Gasteiger partial charge on any atom is 0.246 e. The topological polar surface area (TPSA) is 140 Å². The molecule has 1 aromatic carbocycles. The Labute approximate surface area is 247 Å². The number of H-pyrrole nitrogens is 1. The summed E-state index contributed by atoms with van der Waals surface area (Å²) in [6, 6.07) is 4.45. The van der Waals surface area contributed by atoms with Crippen molar-refractivity contribution in [3.63, 3.8) is 0 Å². The van der Waals surface area contributed by atoms with E-state index in [4.69, 9.17) is 0 Å². The first-order valence-electron chi connectivity index (χ1n) is 15.5. The average molecular weight is 580 g/mol. The smallest absolute Gasteiger partial charge is 0.246 e. The van der Waals surface area contributed by atoms with Gasteiger partial charge in [0.05, 0.1) is 0 Å². The predicted octanol–water partition coefficient (Wildman–Crippen LogP) is 3.15. The van der Waals surface area contributed by atoms with Crippen LogP contribution in [0.3, 0.4) is 0 Å². The van der Waals surface area contributed by atoms with Crippen molar-refractivity contribution in [1.29, 1.82) is 0 Å². The fourth-order valence-electron chi connectivity index (χ4n) is 5.98. The number of rotatable bonds is 11. The number of aromatic nitrogens is 1. The maximum absolute atomic E-state index is 13.8. The zero-order chi connectivity index (χ0) is 30.2. The number of Topliss-reactive ketones (excluding diaryl/α,β-unsaturated/α-hetero) is 1. The van der Waals surface area contributed by atoms with Crippen LogP contribution in [0.4, 0.5) is 0 Å². The lowest BCUT2D eigenvalue weighted by Crippen LogP contribution is -2.62. The van der Waals surface area contributed by atoms with Crippen LogP contribution in [0.5, 0.6) is 0 Å². The third-order valence-corrected chi connectivity index (χ3v) is 8.82. The van der Waals surface area contributed by atoms with Crippen LogP contribution in [-0.4, -0.2) is 70.0 Å². The van der Waals surface area contributed by atoms with Gasteiger partial charge in [0.25, 0.3) is 0 Å². The van der Waals surface area contributed by atoms with Gasteiger partial charge in [0.2, 0.25) is 23.6 Å². The first kappa shape index (κ1) is 31.3. The second-order valence-corrected chi connectivity index (χ2v) is 11.7. The molecule has 42 heavy (non-hydrogen) atoms. The van der Waals surface area contributed by atoms with E-state index < -0.39 is 36.0 Å². The van der Waals surface area contributed by atoms with Crippen molar-refractivity contribution in [3.05, 3.63) is 36.0 Å². The van der Waals surface area contributed by atoms with Crippen molar-refractivity contribution in [1.82, 2.24) is 25.8 Å². The summed E-state index contributed by atoms with van der Waals surface area (Å²) < 4.78 is 0. The minimum absolute atomic E-state index is 0.162. The molecule has 2 fully saturated rings. The molecule has 1 unspecified atom stereocenters. The summed E-state index contributed by atoms with van der Waals surface area (Å²) in [5.41, 5.74) is 1.79. The van der Waals surface area contributed by atoms with Crippen LogP contribution in [0.1, 0.15) is 84.1 Å². The van der Waals surface area contributed by atoms with E-state index in [1.807, 2.05) is 51.2 Å². The minimum atomic E-state index is -0.952. The molecule has 0 aliphatic carbocycles. The van der Waals surface area contributed by atoms with Gasteiger partial charge in [0.1, 0.15) is 30.0 Å². The molecule has 10 heteroatoms. The first-order valence-corrected chi connectivity index (χ1v) is 15.5. The van der Waals surface area contributed by atoms with Crippen molar-refractivity contribution in [2.45, 2.75) is 109 Å². The summed E-state index contributed by atoms with van der Waals surface area (Å²) in [6.45, 7) is 6.15. The number of fused-ring (bicyclic) bond motifs is 2. The lowest BCUT2D eigenvalue weighted by atomic mass is 9.95. The molecule has 0 radical (unpaired) electrons. The third kappa shape index (κ3) is 7.38. The molecule has 2 aliphatic rings. The van der Waals surface area contributed by atoms with Crippen LogP contribution < -0.4 is 16.0 Å². The Morgan fingerprint density at radius 1 is 0.952 bits per heavy atom. The number of hydrogen-bond acceptors (Lipinski definition) is 5. The van der Waals surface area contributed by atoms with Crippen LogP contribution in [0.2, 0.25) is 0 Å². The van der Waals surface area contributed by atoms with E-state index in [9.17, 15) is 24.0 Å². The molecule has 0 bridgehead atoms. The van der Waals surface area contributed by atoms with Gasteiger partial charge >= 0.3 is 0 Å². The summed E-state index contributed by atoms with van der Waals surface area (Å²) in [5.74, 6) is -1.41. The summed E-state index contributed by atoms with van der Waals surface area (Å²) in [4.78, 5) is 71.4. The summed E-state index contributed by atoms with van der Waals surface area (Å²) in [5, 5.41) is 9.76. The highest BCUT2D eigenvalue weighted by atomic mass is 16.2. The Morgan fingerprint density at radius 3 is 2.45 bits per heavy atom. The van der Waals surface area contributed by atoms with E-state index in [0.717, 1.165) is 29.3 Å². The van der Waals surface area contributed by atoms with Gasteiger partial charge in [-0.15, -0.1) is 0 Å². The Morgan fingerprint density at radius 2 is 1.69 bits per heavy atom. The third-order valence-electron chi connectivity index (χ3n) is 8.82. The Balaban J connectivity index is 1.61. The van der Waals surface area contributed by atoms with E-state index >= 15 is 0 Å². The predicted molar refractivity (Wildman–Crippen MR) is 160 cm³/mol. The van der Waals surface area contributed by atoms with Crippen molar-refractivity contribution >= 4 is 40.3 Å². The van der Waals surface area contributed by atoms with Crippen LogP contribution in [0, 0.1) is 5.92 Å². The highest BCUT2D eigenvalue weighted by Gasteiger charge is 2.41. The number of nitrogens with zero attached hydrogens (tertiary/aromatic N) is 1. The molecular weight excluding hydrogens is 534 g/mol. The number of unbranched alkanes of at least 4 members (excludes halogenated alkanes) is 2. The van der Waals surface area contributed by atoms with Crippen LogP contribution >= 0.6 is 0 Å². The Hall–Kier alpha value is -3.69. The van der Waals surface area contributed by atoms with Gasteiger partial charge in [0.15, 0.2) is 0 Å². The Bertz CT molecular complexity index is 1290. The highest BCUT2D eigenvalue weighted by molar-refractivity contribution is 5.98. The zero-order valence-electron chi connectivity index (χ0n) is 25.0. The molecule has 0 saturated carbocycles. The van der Waals surface area contributed by atoms with Gasteiger partial charge in [-0.3, -0.25) is 24.0 Å². The fraction of sp³-hybridized carbons (Fsp3) is 0.594. The normalized spacial score (nSPS) is 24.3. The Kier molecular flexibility index (Phi) is 10.8. The number of amides is 4. The molecular formula is C32H45N5O5. The second kappa shape index (κ2) is 14.5. The van der Waals surface area contributed by atoms with Gasteiger partial charge in [0, 0.05) is 42.9 Å². The molecule has 228 valence electrons. The second-order valence-electron chi connectivity index (χ2n) is 11.7. The van der Waals surface area contributed by atoms with Crippen LogP contribution in [-0.2, 0) is 30.4 Å².